The number of aromatic nitrogens is 3. The highest BCUT2D eigenvalue weighted by molar-refractivity contribution is 7.89. The van der Waals surface area contributed by atoms with Gasteiger partial charge in [0.05, 0.1) is 41.2 Å². The Morgan fingerprint density at radius 2 is 1.84 bits per heavy atom. The van der Waals surface area contributed by atoms with Gasteiger partial charge in [0.2, 0.25) is 10.0 Å². The first kappa shape index (κ1) is 22.5. The van der Waals surface area contributed by atoms with Crippen molar-refractivity contribution in [2.75, 3.05) is 6.61 Å². The van der Waals surface area contributed by atoms with E-state index < -0.39 is 10.0 Å². The molecule has 0 amide bonds. The molecule has 0 unspecified atom stereocenters. The summed E-state index contributed by atoms with van der Waals surface area (Å²) in [5.41, 5.74) is 4.06. The van der Waals surface area contributed by atoms with Gasteiger partial charge >= 0.3 is 0 Å². The molecule has 8 heteroatoms. The maximum Gasteiger partial charge on any atom is 0.240 e. The fourth-order valence-corrected chi connectivity index (χ4v) is 5.52. The smallest absolute Gasteiger partial charge is 0.240 e. The van der Waals surface area contributed by atoms with Crippen molar-refractivity contribution in [3.63, 3.8) is 0 Å². The van der Waals surface area contributed by atoms with Gasteiger partial charge in [-0.2, -0.15) is 5.10 Å². The van der Waals surface area contributed by atoms with E-state index >= 15 is 0 Å². The summed E-state index contributed by atoms with van der Waals surface area (Å²) in [4.78, 5) is 4.71. The molecule has 0 atom stereocenters. The van der Waals surface area contributed by atoms with Crippen molar-refractivity contribution in [2.24, 2.45) is 0 Å². The molecular weight excluding hydrogens is 424 g/mol. The quantitative estimate of drug-likeness (QED) is 0.539. The molecule has 1 saturated carbocycles. The molecule has 4 rings (SSSR count). The first-order valence-corrected chi connectivity index (χ1v) is 12.6. The lowest BCUT2D eigenvalue weighted by molar-refractivity contribution is 0.335. The zero-order valence-electron chi connectivity index (χ0n) is 18.8. The lowest BCUT2D eigenvalue weighted by atomic mass is 10.1. The Morgan fingerprint density at radius 1 is 1.12 bits per heavy atom. The Hall–Kier alpha value is -2.71. The van der Waals surface area contributed by atoms with Crippen molar-refractivity contribution in [3.05, 3.63) is 59.4 Å². The van der Waals surface area contributed by atoms with Crippen molar-refractivity contribution in [2.45, 2.75) is 63.9 Å². The van der Waals surface area contributed by atoms with Crippen LogP contribution >= 0.6 is 0 Å². The normalized spacial score (nSPS) is 14.7. The van der Waals surface area contributed by atoms with Gasteiger partial charge in [-0.25, -0.2) is 13.1 Å². The number of benzene rings is 1. The van der Waals surface area contributed by atoms with Crippen LogP contribution in [0, 0.1) is 13.8 Å². The van der Waals surface area contributed by atoms with Crippen LogP contribution in [0.2, 0.25) is 0 Å². The molecule has 32 heavy (non-hydrogen) atoms. The second-order valence-corrected chi connectivity index (χ2v) is 10.0. The van der Waals surface area contributed by atoms with E-state index in [-0.39, 0.29) is 11.4 Å². The third-order valence-corrected chi connectivity index (χ3v) is 7.24. The number of hydrogen-bond donors (Lipinski definition) is 1. The molecule has 1 fully saturated rings. The highest BCUT2D eigenvalue weighted by Crippen LogP contribution is 2.33. The van der Waals surface area contributed by atoms with Gasteiger partial charge in [-0.1, -0.05) is 18.9 Å². The average molecular weight is 455 g/mol. The third kappa shape index (κ3) is 4.71. The maximum absolute atomic E-state index is 13.0. The third-order valence-electron chi connectivity index (χ3n) is 5.86. The van der Waals surface area contributed by atoms with Gasteiger partial charge in [-0.05, 0) is 75.1 Å². The molecule has 2 heterocycles. The summed E-state index contributed by atoms with van der Waals surface area (Å²) in [5.74, 6) is 0.738. The average Bonchev–Trinajstić information content (AvgIpc) is 3.45. The minimum atomic E-state index is -3.69. The van der Waals surface area contributed by atoms with Crippen LogP contribution in [0.4, 0.5) is 0 Å². The Kier molecular flexibility index (Phi) is 6.62. The van der Waals surface area contributed by atoms with Gasteiger partial charge in [0.1, 0.15) is 5.75 Å². The largest absolute Gasteiger partial charge is 0.493 e. The fourth-order valence-electron chi connectivity index (χ4n) is 4.35. The second-order valence-electron chi connectivity index (χ2n) is 8.26. The zero-order valence-corrected chi connectivity index (χ0v) is 19.7. The van der Waals surface area contributed by atoms with E-state index in [1.807, 2.05) is 49.7 Å². The number of rotatable bonds is 8. The van der Waals surface area contributed by atoms with Crippen molar-refractivity contribution >= 4 is 10.0 Å². The SMILES string of the molecule is CCOc1c(C)cc(S(=O)(=O)NCc2cc(-c3ccccn3)n(C3CCCC3)n2)cc1C. The second kappa shape index (κ2) is 9.42. The molecule has 0 bridgehead atoms. The van der Waals surface area contributed by atoms with E-state index in [2.05, 4.69) is 9.71 Å². The number of sulfonamides is 1. The van der Waals surface area contributed by atoms with Gasteiger partial charge < -0.3 is 4.74 Å². The first-order chi connectivity index (χ1) is 15.4. The minimum Gasteiger partial charge on any atom is -0.493 e. The molecule has 7 nitrogen and oxygen atoms in total. The van der Waals surface area contributed by atoms with Gasteiger partial charge in [0.25, 0.3) is 0 Å². The summed E-state index contributed by atoms with van der Waals surface area (Å²) in [7, 11) is -3.69. The molecular formula is C24H30N4O3S. The summed E-state index contributed by atoms with van der Waals surface area (Å²) in [6.07, 6.45) is 6.30. The molecule has 1 aromatic carbocycles. The van der Waals surface area contributed by atoms with E-state index in [1.54, 1.807) is 18.3 Å². The Morgan fingerprint density at radius 3 is 2.47 bits per heavy atom. The first-order valence-electron chi connectivity index (χ1n) is 11.1. The highest BCUT2D eigenvalue weighted by Gasteiger charge is 2.23. The van der Waals surface area contributed by atoms with Crippen LogP contribution in [0.1, 0.15) is 55.5 Å². The number of nitrogens with zero attached hydrogens (tertiary/aromatic N) is 3. The molecule has 1 aliphatic rings. The lowest BCUT2D eigenvalue weighted by Gasteiger charge is -2.14. The monoisotopic (exact) mass is 454 g/mol. The summed E-state index contributed by atoms with van der Waals surface area (Å²) in [6, 6.07) is 11.4. The van der Waals surface area contributed by atoms with Crippen LogP contribution in [0.15, 0.2) is 47.5 Å². The Balaban J connectivity index is 1.58. The summed E-state index contributed by atoms with van der Waals surface area (Å²) in [6.45, 7) is 6.29. The van der Waals surface area contributed by atoms with Gasteiger partial charge in [-0.15, -0.1) is 0 Å². The molecule has 0 spiro atoms. The topological polar surface area (TPSA) is 86.1 Å². The van der Waals surface area contributed by atoms with E-state index in [4.69, 9.17) is 9.84 Å². The van der Waals surface area contributed by atoms with Crippen LogP contribution in [-0.4, -0.2) is 29.8 Å². The van der Waals surface area contributed by atoms with Crippen LogP contribution < -0.4 is 9.46 Å². The number of aryl methyl sites for hydroxylation is 2. The minimum absolute atomic E-state index is 0.118. The van der Waals surface area contributed by atoms with Gasteiger partial charge in [0, 0.05) is 6.20 Å². The highest BCUT2D eigenvalue weighted by atomic mass is 32.2. The predicted octanol–water partition coefficient (Wildman–Crippen LogP) is 4.55. The summed E-state index contributed by atoms with van der Waals surface area (Å²) < 4.78 is 36.4. The molecule has 0 aliphatic heterocycles. The predicted molar refractivity (Wildman–Crippen MR) is 124 cm³/mol. The van der Waals surface area contributed by atoms with Crippen molar-refractivity contribution < 1.29 is 13.2 Å². The number of ether oxygens (including phenoxy) is 1. The molecule has 0 radical (unpaired) electrons. The summed E-state index contributed by atoms with van der Waals surface area (Å²) >= 11 is 0. The van der Waals surface area contributed by atoms with Crippen molar-refractivity contribution in [1.29, 1.82) is 0 Å². The van der Waals surface area contributed by atoms with Crippen LogP contribution in [0.5, 0.6) is 5.75 Å². The summed E-state index contributed by atoms with van der Waals surface area (Å²) in [5, 5.41) is 4.77. The van der Waals surface area contributed by atoms with Crippen LogP contribution in [0.25, 0.3) is 11.4 Å². The number of hydrogen-bond acceptors (Lipinski definition) is 5. The Bertz CT molecular complexity index is 1160. The molecule has 0 saturated heterocycles. The van der Waals surface area contributed by atoms with Gasteiger partial charge in [-0.3, -0.25) is 9.67 Å². The molecule has 3 aromatic rings. The maximum atomic E-state index is 13.0. The van der Waals surface area contributed by atoms with Crippen LogP contribution in [0.3, 0.4) is 0 Å². The molecule has 170 valence electrons. The zero-order chi connectivity index (χ0) is 22.7. The standard InChI is InChI=1S/C24H30N4O3S/c1-4-31-24-17(2)13-21(14-18(24)3)32(29,30)26-16-19-15-23(22-11-7-8-12-25-22)28(27-19)20-9-5-6-10-20/h7-8,11-15,20,26H,4-6,9-10,16H2,1-3H3. The van der Waals surface area contributed by atoms with Crippen LogP contribution in [-0.2, 0) is 16.6 Å². The van der Waals surface area contributed by atoms with E-state index in [0.717, 1.165) is 41.1 Å². The van der Waals surface area contributed by atoms with E-state index in [0.29, 0.717) is 18.3 Å². The van der Waals surface area contributed by atoms with Gasteiger partial charge in [0.15, 0.2) is 0 Å². The number of pyridine rings is 1. The van der Waals surface area contributed by atoms with Crippen molar-refractivity contribution in [3.8, 4) is 17.1 Å². The fraction of sp³-hybridized carbons (Fsp3) is 0.417. The molecule has 2 aromatic heterocycles. The molecule has 1 N–H and O–H groups in total. The number of nitrogens with one attached hydrogen (secondary N) is 1. The molecule has 1 aliphatic carbocycles. The lowest BCUT2D eigenvalue weighted by Crippen LogP contribution is -2.24. The van der Waals surface area contributed by atoms with E-state index in [1.165, 1.54) is 12.8 Å². The Labute approximate surface area is 189 Å². The van der Waals surface area contributed by atoms with Crippen molar-refractivity contribution in [1.82, 2.24) is 19.5 Å². The van der Waals surface area contributed by atoms with E-state index in [9.17, 15) is 8.42 Å².